The number of para-hydroxylation sites is 2. The van der Waals surface area contributed by atoms with Crippen LogP contribution >= 0.6 is 11.3 Å². The molecular weight excluding hydrogens is 583 g/mol. The molecule has 218 valence electrons. The fourth-order valence-corrected chi connectivity index (χ4v) is 7.72. The molecule has 0 fully saturated rings. The third kappa shape index (κ3) is 4.22. The highest BCUT2D eigenvalue weighted by Crippen LogP contribution is 2.40. The highest BCUT2D eigenvalue weighted by molar-refractivity contribution is 7.26. The molecular formula is C40H27N5S. The van der Waals surface area contributed by atoms with Crippen LogP contribution in [0.25, 0.3) is 81.8 Å². The summed E-state index contributed by atoms with van der Waals surface area (Å²) in [5.41, 5.74) is 6.12. The molecule has 9 rings (SSSR count). The molecule has 0 amide bonds. The summed E-state index contributed by atoms with van der Waals surface area (Å²) in [6.07, 6.45) is 0.825. The predicted molar refractivity (Wildman–Crippen MR) is 191 cm³/mol. The number of hydrogen-bond donors (Lipinski definition) is 0. The maximum atomic E-state index is 5.21. The lowest BCUT2D eigenvalue weighted by Crippen LogP contribution is -2.03. The van der Waals surface area contributed by atoms with Gasteiger partial charge in [0.1, 0.15) is 5.82 Å². The van der Waals surface area contributed by atoms with Crippen LogP contribution in [-0.2, 0) is 6.42 Å². The molecule has 3 heterocycles. The van der Waals surface area contributed by atoms with Crippen molar-refractivity contribution >= 4 is 53.3 Å². The number of imidazole rings is 1. The molecule has 3 aromatic heterocycles. The Morgan fingerprint density at radius 3 is 2.04 bits per heavy atom. The SMILES string of the molecule is CCc1nc2ccccc2n1-c1ccc(-c2nc(-c3ccccc3)nc(-c3cccc4c3sc3ccccc34)n2)c2ccccc12. The van der Waals surface area contributed by atoms with Crippen LogP contribution in [0.2, 0.25) is 0 Å². The molecule has 0 saturated carbocycles. The first-order valence-corrected chi connectivity index (χ1v) is 16.3. The van der Waals surface area contributed by atoms with E-state index in [-0.39, 0.29) is 0 Å². The van der Waals surface area contributed by atoms with Crippen molar-refractivity contribution in [2.75, 3.05) is 0 Å². The first-order chi connectivity index (χ1) is 22.8. The van der Waals surface area contributed by atoms with Gasteiger partial charge in [-0.3, -0.25) is 4.57 Å². The lowest BCUT2D eigenvalue weighted by molar-refractivity contribution is 0.913. The standard InChI is InChI=1S/C40H27N5S/c1-2-36-41-32-20-9-10-21-34(32)45(36)33-24-23-30(26-15-6-7-16-27(26)33)39-42-38(25-13-4-3-5-14-25)43-40(44-39)31-19-12-18-29-28-17-8-11-22-35(28)46-37(29)31/h3-24H,2H2,1H3. The van der Waals surface area contributed by atoms with Gasteiger partial charge in [0.25, 0.3) is 0 Å². The Labute approximate surface area is 269 Å². The molecule has 0 aliphatic rings. The zero-order valence-electron chi connectivity index (χ0n) is 25.1. The van der Waals surface area contributed by atoms with E-state index in [1.807, 2.05) is 24.3 Å². The molecule has 0 aliphatic heterocycles. The van der Waals surface area contributed by atoms with Crippen LogP contribution in [0, 0.1) is 0 Å². The van der Waals surface area contributed by atoms with Crippen molar-refractivity contribution in [2.45, 2.75) is 13.3 Å². The molecule has 9 aromatic rings. The number of benzene rings is 6. The van der Waals surface area contributed by atoms with Crippen molar-refractivity contribution in [1.82, 2.24) is 24.5 Å². The van der Waals surface area contributed by atoms with Gasteiger partial charge >= 0.3 is 0 Å². The number of fused-ring (bicyclic) bond motifs is 5. The van der Waals surface area contributed by atoms with E-state index in [1.165, 1.54) is 20.2 Å². The Morgan fingerprint density at radius 2 is 1.20 bits per heavy atom. The van der Waals surface area contributed by atoms with E-state index < -0.39 is 0 Å². The fraction of sp³-hybridized carbons (Fsp3) is 0.0500. The van der Waals surface area contributed by atoms with Gasteiger partial charge in [0.05, 0.1) is 16.7 Å². The molecule has 0 aliphatic carbocycles. The average Bonchev–Trinajstić information content (AvgIpc) is 3.70. The molecule has 6 heteroatoms. The minimum atomic E-state index is 0.649. The van der Waals surface area contributed by atoms with Crippen LogP contribution in [0.1, 0.15) is 12.7 Å². The molecule has 5 nitrogen and oxygen atoms in total. The van der Waals surface area contributed by atoms with Crippen molar-refractivity contribution in [3.63, 3.8) is 0 Å². The zero-order chi connectivity index (χ0) is 30.6. The van der Waals surface area contributed by atoms with Crippen molar-refractivity contribution in [2.24, 2.45) is 0 Å². The average molecular weight is 610 g/mol. The Hall–Kier alpha value is -5.72. The first-order valence-electron chi connectivity index (χ1n) is 15.5. The summed E-state index contributed by atoms with van der Waals surface area (Å²) in [6, 6.07) is 46.4. The van der Waals surface area contributed by atoms with Crippen molar-refractivity contribution in [3.8, 4) is 39.9 Å². The third-order valence-corrected chi connectivity index (χ3v) is 9.86. The largest absolute Gasteiger partial charge is 0.296 e. The van der Waals surface area contributed by atoms with Gasteiger partial charge < -0.3 is 0 Å². The molecule has 0 saturated heterocycles. The summed E-state index contributed by atoms with van der Waals surface area (Å²) in [5, 5.41) is 4.67. The monoisotopic (exact) mass is 609 g/mol. The van der Waals surface area contributed by atoms with Gasteiger partial charge in [-0.05, 0) is 41.8 Å². The quantitative estimate of drug-likeness (QED) is 0.195. The summed E-state index contributed by atoms with van der Waals surface area (Å²) in [5.74, 6) is 3.00. The van der Waals surface area contributed by atoms with Crippen molar-refractivity contribution < 1.29 is 0 Å². The second kappa shape index (κ2) is 10.7. The van der Waals surface area contributed by atoms with Gasteiger partial charge in [-0.1, -0.05) is 104 Å². The number of aryl methyl sites for hydroxylation is 1. The maximum absolute atomic E-state index is 5.21. The van der Waals surface area contributed by atoms with Gasteiger partial charge in [0.15, 0.2) is 17.5 Å². The van der Waals surface area contributed by atoms with Gasteiger partial charge in [-0.15, -0.1) is 11.3 Å². The van der Waals surface area contributed by atoms with Crippen LogP contribution < -0.4 is 0 Å². The molecule has 46 heavy (non-hydrogen) atoms. The Morgan fingerprint density at radius 1 is 0.522 bits per heavy atom. The van der Waals surface area contributed by atoms with E-state index in [0.717, 1.165) is 56.4 Å². The van der Waals surface area contributed by atoms with Crippen LogP contribution in [0.4, 0.5) is 0 Å². The number of thiophene rings is 1. The molecule has 0 spiro atoms. The first kappa shape index (κ1) is 26.7. The van der Waals surface area contributed by atoms with Crippen LogP contribution in [0.5, 0.6) is 0 Å². The zero-order valence-corrected chi connectivity index (χ0v) is 25.9. The number of aromatic nitrogens is 5. The van der Waals surface area contributed by atoms with Crippen molar-refractivity contribution in [1.29, 1.82) is 0 Å². The Kier molecular flexibility index (Phi) is 6.21. The van der Waals surface area contributed by atoms with Crippen LogP contribution in [0.15, 0.2) is 133 Å². The second-order valence-corrected chi connectivity index (χ2v) is 12.4. The fourth-order valence-electron chi connectivity index (χ4n) is 6.51. The summed E-state index contributed by atoms with van der Waals surface area (Å²) >= 11 is 1.78. The smallest absolute Gasteiger partial charge is 0.165 e. The topological polar surface area (TPSA) is 56.5 Å². The molecule has 0 unspecified atom stereocenters. The van der Waals surface area contributed by atoms with Gasteiger partial charge in [-0.25, -0.2) is 19.9 Å². The molecule has 0 bridgehead atoms. The highest BCUT2D eigenvalue weighted by Gasteiger charge is 2.20. The summed E-state index contributed by atoms with van der Waals surface area (Å²) in [4.78, 5) is 20.4. The number of nitrogens with zero attached hydrogens (tertiary/aromatic N) is 5. The lowest BCUT2D eigenvalue weighted by atomic mass is 10.0. The molecule has 0 atom stereocenters. The molecule has 6 aromatic carbocycles. The van der Waals surface area contributed by atoms with E-state index in [4.69, 9.17) is 19.9 Å². The number of hydrogen-bond acceptors (Lipinski definition) is 5. The highest BCUT2D eigenvalue weighted by atomic mass is 32.1. The van der Waals surface area contributed by atoms with E-state index in [0.29, 0.717) is 17.5 Å². The maximum Gasteiger partial charge on any atom is 0.165 e. The van der Waals surface area contributed by atoms with E-state index >= 15 is 0 Å². The Bertz CT molecular complexity index is 2580. The minimum absolute atomic E-state index is 0.649. The van der Waals surface area contributed by atoms with Gasteiger partial charge in [0.2, 0.25) is 0 Å². The van der Waals surface area contributed by atoms with E-state index in [9.17, 15) is 0 Å². The summed E-state index contributed by atoms with van der Waals surface area (Å²) in [6.45, 7) is 2.16. The number of rotatable bonds is 5. The van der Waals surface area contributed by atoms with Crippen LogP contribution in [-0.4, -0.2) is 24.5 Å². The van der Waals surface area contributed by atoms with E-state index in [2.05, 4.69) is 121 Å². The van der Waals surface area contributed by atoms with E-state index in [1.54, 1.807) is 11.3 Å². The third-order valence-electron chi connectivity index (χ3n) is 8.64. The second-order valence-electron chi connectivity index (χ2n) is 11.3. The molecule has 0 N–H and O–H groups in total. The Balaban J connectivity index is 1.30. The summed E-state index contributed by atoms with van der Waals surface area (Å²) in [7, 11) is 0. The molecule has 0 radical (unpaired) electrons. The van der Waals surface area contributed by atoms with Gasteiger partial charge in [0, 0.05) is 48.7 Å². The summed E-state index contributed by atoms with van der Waals surface area (Å²) < 4.78 is 4.72. The normalized spacial score (nSPS) is 11.7. The van der Waals surface area contributed by atoms with Gasteiger partial charge in [-0.2, -0.15) is 0 Å². The van der Waals surface area contributed by atoms with Crippen molar-refractivity contribution in [3.05, 3.63) is 139 Å². The minimum Gasteiger partial charge on any atom is -0.296 e. The van der Waals surface area contributed by atoms with Crippen LogP contribution in [0.3, 0.4) is 0 Å². The predicted octanol–water partition coefficient (Wildman–Crippen LogP) is 10.3. The lowest BCUT2D eigenvalue weighted by Gasteiger charge is -2.15.